The predicted molar refractivity (Wildman–Crippen MR) is 66.4 cm³/mol. The molecule has 6 N–H and O–H groups in total. The minimum Gasteiger partial charge on any atom is -0.508 e. The molecular weight excluding hydrogens is 252 g/mol. The van der Waals surface area contributed by atoms with Crippen LogP contribution in [0.2, 0.25) is 0 Å². The van der Waals surface area contributed by atoms with E-state index in [-0.39, 0.29) is 12.2 Å². The number of carboxylic acids is 1. The van der Waals surface area contributed by atoms with Crippen molar-refractivity contribution in [3.63, 3.8) is 0 Å². The van der Waals surface area contributed by atoms with Gasteiger partial charge in [0.05, 0.1) is 12.6 Å². The quantitative estimate of drug-likeness (QED) is 0.441. The third-order valence-corrected chi connectivity index (χ3v) is 2.48. The van der Waals surface area contributed by atoms with Crippen molar-refractivity contribution in [2.24, 2.45) is 5.73 Å². The fourth-order valence-electron chi connectivity index (χ4n) is 1.39. The Kier molecular flexibility index (Phi) is 5.28. The number of carboxylic acid groups (broad SMARTS) is 1. The van der Waals surface area contributed by atoms with Crippen LogP contribution in [-0.4, -0.2) is 45.9 Å². The zero-order valence-electron chi connectivity index (χ0n) is 10.1. The second-order valence-corrected chi connectivity index (χ2v) is 4.08. The van der Waals surface area contributed by atoms with Gasteiger partial charge >= 0.3 is 5.97 Å². The van der Waals surface area contributed by atoms with E-state index in [1.54, 1.807) is 12.1 Å². The third-order valence-electron chi connectivity index (χ3n) is 2.48. The summed E-state index contributed by atoms with van der Waals surface area (Å²) in [5.74, 6) is -1.84. The van der Waals surface area contributed by atoms with Gasteiger partial charge in [0, 0.05) is 0 Å². The summed E-state index contributed by atoms with van der Waals surface area (Å²) in [5, 5.41) is 28.8. The zero-order valence-corrected chi connectivity index (χ0v) is 10.1. The lowest BCUT2D eigenvalue weighted by Gasteiger charge is -2.13. The first-order valence-corrected chi connectivity index (χ1v) is 5.62. The molecule has 0 bridgehead atoms. The van der Waals surface area contributed by atoms with Crippen LogP contribution in [0.4, 0.5) is 0 Å². The molecule has 0 aliphatic heterocycles. The fourth-order valence-corrected chi connectivity index (χ4v) is 1.39. The van der Waals surface area contributed by atoms with E-state index in [0.29, 0.717) is 0 Å². The number of aliphatic hydroxyl groups excluding tert-OH is 1. The number of amides is 1. The van der Waals surface area contributed by atoms with Gasteiger partial charge in [-0.25, -0.2) is 4.79 Å². The molecule has 19 heavy (non-hydrogen) atoms. The summed E-state index contributed by atoms with van der Waals surface area (Å²) in [5.41, 5.74) is 6.41. The van der Waals surface area contributed by atoms with Crippen LogP contribution in [0.25, 0.3) is 0 Å². The number of carbonyl (C=O) groups excluding carboxylic acids is 1. The summed E-state index contributed by atoms with van der Waals surface area (Å²) in [6, 6.07) is 5.37. The molecule has 0 saturated carbocycles. The van der Waals surface area contributed by atoms with Crippen molar-refractivity contribution in [2.45, 2.75) is 18.6 Å². The molecule has 1 rings (SSSR count). The van der Waals surface area contributed by atoms with Gasteiger partial charge in [-0.2, -0.15) is 0 Å². The highest BCUT2D eigenvalue weighted by molar-refractivity contribution is 5.82. The van der Waals surface area contributed by atoms with Crippen molar-refractivity contribution < 1.29 is 24.9 Å². The largest absolute Gasteiger partial charge is 0.508 e. The first-order chi connectivity index (χ1) is 8.90. The molecule has 1 amide bonds. The van der Waals surface area contributed by atoms with Crippen molar-refractivity contribution in [2.75, 3.05) is 6.54 Å². The molecule has 0 heterocycles. The highest BCUT2D eigenvalue weighted by Crippen LogP contribution is 2.10. The molecule has 0 saturated heterocycles. The summed E-state index contributed by atoms with van der Waals surface area (Å²) in [6.45, 7) is -0.391. The first-order valence-electron chi connectivity index (χ1n) is 5.62. The van der Waals surface area contributed by atoms with E-state index in [1.165, 1.54) is 12.1 Å². The lowest BCUT2D eigenvalue weighted by Crippen LogP contribution is -2.45. The van der Waals surface area contributed by atoms with Gasteiger partial charge in [-0.3, -0.25) is 4.79 Å². The van der Waals surface area contributed by atoms with E-state index in [2.05, 4.69) is 5.32 Å². The molecule has 7 nitrogen and oxygen atoms in total. The maximum absolute atomic E-state index is 11.6. The van der Waals surface area contributed by atoms with Crippen LogP contribution in [0.3, 0.4) is 0 Å². The Hall–Kier alpha value is -2.12. The van der Waals surface area contributed by atoms with E-state index in [1.807, 2.05) is 0 Å². The van der Waals surface area contributed by atoms with Gasteiger partial charge in [0.1, 0.15) is 5.75 Å². The number of benzene rings is 1. The van der Waals surface area contributed by atoms with E-state index in [9.17, 15) is 9.59 Å². The van der Waals surface area contributed by atoms with Gasteiger partial charge in [0.25, 0.3) is 0 Å². The standard InChI is InChI=1S/C12H16N2O5/c13-9(5-7-1-3-8(15)4-2-7)11(17)14-6-10(16)12(18)19/h1-4,9-10,15-16H,5-6,13H2,(H,14,17)(H,18,19)/t9-,10+/m1/s1. The van der Waals surface area contributed by atoms with Gasteiger partial charge < -0.3 is 26.4 Å². The Morgan fingerprint density at radius 2 is 1.84 bits per heavy atom. The average molecular weight is 268 g/mol. The second-order valence-electron chi connectivity index (χ2n) is 4.08. The van der Waals surface area contributed by atoms with Crippen molar-refractivity contribution in [3.8, 4) is 5.75 Å². The molecule has 0 aliphatic carbocycles. The summed E-state index contributed by atoms with van der Waals surface area (Å²) in [7, 11) is 0. The van der Waals surface area contributed by atoms with Crippen LogP contribution in [0, 0.1) is 0 Å². The van der Waals surface area contributed by atoms with E-state index >= 15 is 0 Å². The molecule has 2 atom stereocenters. The van der Waals surface area contributed by atoms with Crippen molar-refractivity contribution in [1.29, 1.82) is 0 Å². The van der Waals surface area contributed by atoms with Crippen LogP contribution < -0.4 is 11.1 Å². The molecule has 0 aliphatic rings. The first kappa shape index (κ1) is 14.9. The summed E-state index contributed by atoms with van der Waals surface area (Å²) >= 11 is 0. The van der Waals surface area contributed by atoms with Gasteiger partial charge in [-0.05, 0) is 24.1 Å². The zero-order chi connectivity index (χ0) is 14.4. The number of aliphatic hydroxyl groups is 1. The molecule has 0 aromatic heterocycles. The van der Waals surface area contributed by atoms with Crippen LogP contribution in [0.5, 0.6) is 5.75 Å². The molecule has 7 heteroatoms. The second kappa shape index (κ2) is 6.72. The van der Waals surface area contributed by atoms with Crippen LogP contribution in [0.15, 0.2) is 24.3 Å². The highest BCUT2D eigenvalue weighted by Gasteiger charge is 2.18. The number of nitrogens with two attached hydrogens (primary N) is 1. The lowest BCUT2D eigenvalue weighted by atomic mass is 10.1. The topological polar surface area (TPSA) is 133 Å². The predicted octanol–water partition coefficient (Wildman–Crippen LogP) is -1.18. The number of aliphatic carboxylic acids is 1. The van der Waals surface area contributed by atoms with E-state index in [0.717, 1.165) is 5.56 Å². The van der Waals surface area contributed by atoms with Crippen LogP contribution in [-0.2, 0) is 16.0 Å². The van der Waals surface area contributed by atoms with Crippen molar-refractivity contribution in [1.82, 2.24) is 5.32 Å². The number of nitrogens with one attached hydrogen (secondary N) is 1. The van der Waals surface area contributed by atoms with E-state index < -0.39 is 30.6 Å². The van der Waals surface area contributed by atoms with Crippen LogP contribution in [0.1, 0.15) is 5.56 Å². The van der Waals surface area contributed by atoms with Gasteiger partial charge in [0.2, 0.25) is 5.91 Å². The normalized spacial score (nSPS) is 13.6. The number of aromatic hydroxyl groups is 1. The third kappa shape index (κ3) is 4.94. The molecule has 0 fully saturated rings. The van der Waals surface area contributed by atoms with Crippen LogP contribution >= 0.6 is 0 Å². The molecule has 0 unspecified atom stereocenters. The maximum Gasteiger partial charge on any atom is 0.334 e. The molecular formula is C12H16N2O5. The van der Waals surface area contributed by atoms with Gasteiger partial charge in [0.15, 0.2) is 6.10 Å². The Labute approximate surface area is 109 Å². The van der Waals surface area contributed by atoms with Gasteiger partial charge in [-0.15, -0.1) is 0 Å². The smallest absolute Gasteiger partial charge is 0.334 e. The summed E-state index contributed by atoms with van der Waals surface area (Å²) < 4.78 is 0. The Bertz CT molecular complexity index is 446. The molecule has 0 radical (unpaired) electrons. The van der Waals surface area contributed by atoms with E-state index in [4.69, 9.17) is 21.1 Å². The number of hydrogen-bond donors (Lipinski definition) is 5. The Balaban J connectivity index is 2.44. The van der Waals surface area contributed by atoms with Crippen molar-refractivity contribution >= 4 is 11.9 Å². The number of carbonyl (C=O) groups is 2. The number of phenolic OH excluding ortho intramolecular Hbond substituents is 1. The minimum atomic E-state index is -1.65. The molecule has 1 aromatic carbocycles. The minimum absolute atomic E-state index is 0.117. The summed E-state index contributed by atoms with van der Waals surface area (Å²) in [6.07, 6.45) is -1.40. The monoisotopic (exact) mass is 268 g/mol. The Morgan fingerprint density at radius 3 is 2.37 bits per heavy atom. The fraction of sp³-hybridized carbons (Fsp3) is 0.333. The lowest BCUT2D eigenvalue weighted by molar-refractivity contribution is -0.146. The summed E-state index contributed by atoms with van der Waals surface area (Å²) in [4.78, 5) is 21.9. The molecule has 104 valence electrons. The molecule has 0 spiro atoms. The highest BCUT2D eigenvalue weighted by atomic mass is 16.4. The SMILES string of the molecule is N[C@H](Cc1ccc(O)cc1)C(=O)NC[C@H](O)C(=O)O. The average Bonchev–Trinajstić information content (AvgIpc) is 2.37. The molecule has 1 aromatic rings. The maximum atomic E-state index is 11.6. The van der Waals surface area contributed by atoms with Crippen molar-refractivity contribution in [3.05, 3.63) is 29.8 Å². The number of rotatable bonds is 6. The van der Waals surface area contributed by atoms with Gasteiger partial charge in [-0.1, -0.05) is 12.1 Å². The Morgan fingerprint density at radius 1 is 1.26 bits per heavy atom. The number of phenols is 1. The number of hydrogen-bond acceptors (Lipinski definition) is 5.